The normalized spacial score (nSPS) is 26.5. The number of nitrogens with one attached hydrogen (secondary N) is 1. The van der Waals surface area contributed by atoms with Crippen LogP contribution in [0, 0.1) is 0 Å². The summed E-state index contributed by atoms with van der Waals surface area (Å²) in [7, 11) is 0. The minimum atomic E-state index is -1.78. The summed E-state index contributed by atoms with van der Waals surface area (Å²) in [4.78, 5) is 13.2. The number of carbonyl (C=O) groups is 1. The minimum absolute atomic E-state index is 0.211. The summed E-state index contributed by atoms with van der Waals surface area (Å²) < 4.78 is 22.8. The fourth-order valence-corrected chi connectivity index (χ4v) is 9.15. The molecule has 1 amide bonds. The molecule has 0 aliphatic carbocycles. The summed E-state index contributed by atoms with van der Waals surface area (Å²) in [5.74, 6) is -0.211. The molecule has 2 saturated heterocycles. The van der Waals surface area contributed by atoms with Crippen LogP contribution in [0.25, 0.3) is 0 Å². The first-order valence-corrected chi connectivity index (χ1v) is 27.6. The number of aliphatic hydroxyl groups excluding tert-OH is 8. The number of amides is 1. The number of aliphatic hydroxyl groups is 8. The molecule has 2 heterocycles. The molecule has 14 nitrogen and oxygen atoms in total. The largest absolute Gasteiger partial charge is 0.394 e. The van der Waals surface area contributed by atoms with Crippen molar-refractivity contribution in [3.8, 4) is 0 Å². The molecule has 0 saturated carbocycles. The number of hydrogen-bond donors (Lipinski definition) is 9. The van der Waals surface area contributed by atoms with Crippen LogP contribution in [0.15, 0.2) is 24.3 Å². The predicted molar refractivity (Wildman–Crippen MR) is 268 cm³/mol. The molecule has 2 aliphatic heterocycles. The average molecular weight is 972 g/mol. The molecular weight excluding hydrogens is 871 g/mol. The molecule has 2 aliphatic rings. The van der Waals surface area contributed by atoms with Gasteiger partial charge in [-0.2, -0.15) is 0 Å². The molecule has 68 heavy (non-hydrogen) atoms. The van der Waals surface area contributed by atoms with E-state index in [1.807, 2.05) is 0 Å². The van der Waals surface area contributed by atoms with E-state index in [4.69, 9.17) is 18.9 Å². The second kappa shape index (κ2) is 41.0. The lowest BCUT2D eigenvalue weighted by Gasteiger charge is -2.46. The Labute approximate surface area is 411 Å². The molecule has 0 spiro atoms. The van der Waals surface area contributed by atoms with Crippen LogP contribution in [0.1, 0.15) is 219 Å². The smallest absolute Gasteiger partial charge is 0.220 e. The van der Waals surface area contributed by atoms with E-state index >= 15 is 0 Å². The topological polar surface area (TPSA) is 228 Å². The van der Waals surface area contributed by atoms with Gasteiger partial charge in [-0.3, -0.25) is 4.79 Å². The molecule has 2 rings (SSSR count). The molecule has 0 radical (unpaired) electrons. The summed E-state index contributed by atoms with van der Waals surface area (Å²) in [5, 5.41) is 87.0. The Bertz CT molecular complexity index is 1240. The van der Waals surface area contributed by atoms with Crippen molar-refractivity contribution in [1.82, 2.24) is 5.32 Å². The first kappa shape index (κ1) is 62.6. The maximum atomic E-state index is 13.2. The molecule has 9 N–H and O–H groups in total. The van der Waals surface area contributed by atoms with Crippen LogP contribution in [0.3, 0.4) is 0 Å². The van der Waals surface area contributed by atoms with Gasteiger partial charge in [0.05, 0.1) is 32.0 Å². The molecule has 14 heteroatoms. The highest BCUT2D eigenvalue weighted by molar-refractivity contribution is 5.76. The van der Waals surface area contributed by atoms with Crippen LogP contribution in [0.4, 0.5) is 0 Å². The van der Waals surface area contributed by atoms with Crippen LogP contribution in [0.2, 0.25) is 0 Å². The van der Waals surface area contributed by atoms with Crippen molar-refractivity contribution < 1.29 is 64.6 Å². The molecule has 0 aromatic rings. The van der Waals surface area contributed by atoms with E-state index in [0.717, 1.165) is 64.2 Å². The van der Waals surface area contributed by atoms with Gasteiger partial charge in [0, 0.05) is 6.42 Å². The fourth-order valence-electron chi connectivity index (χ4n) is 9.15. The quantitative estimate of drug-likeness (QED) is 0.0208. The van der Waals surface area contributed by atoms with Crippen molar-refractivity contribution in [3.63, 3.8) is 0 Å². The van der Waals surface area contributed by atoms with Crippen molar-refractivity contribution in [2.24, 2.45) is 0 Å². The van der Waals surface area contributed by atoms with Gasteiger partial charge in [-0.25, -0.2) is 0 Å². The zero-order valence-corrected chi connectivity index (χ0v) is 42.6. The van der Waals surface area contributed by atoms with Crippen LogP contribution >= 0.6 is 0 Å². The van der Waals surface area contributed by atoms with Gasteiger partial charge in [-0.05, 0) is 44.9 Å². The van der Waals surface area contributed by atoms with Crippen LogP contribution in [0.5, 0.6) is 0 Å². The first-order valence-electron chi connectivity index (χ1n) is 27.6. The second-order valence-electron chi connectivity index (χ2n) is 19.7. The summed E-state index contributed by atoms with van der Waals surface area (Å²) >= 11 is 0. The Balaban J connectivity index is 1.78. The third-order valence-electron chi connectivity index (χ3n) is 13.7. The lowest BCUT2D eigenvalue weighted by Crippen LogP contribution is -2.65. The standard InChI is InChI=1S/C54H101NO13/c1-3-5-7-9-11-13-15-17-18-19-20-21-22-23-24-26-28-30-32-34-36-38-46(59)55-42(43(58)37-35-33-31-29-27-25-16-14-12-10-8-6-4-2)41-65-53-51(64)49(62)52(45(40-57)67-53)68-54-50(63)48(61)47(60)44(39-56)66-54/h15,17,19-20,42-45,47-54,56-58,60-64H,3-14,16,18,21-41H2,1-2H3,(H,55,59)/b17-15-,20-19-. The monoisotopic (exact) mass is 972 g/mol. The van der Waals surface area contributed by atoms with Crippen LogP contribution < -0.4 is 5.32 Å². The van der Waals surface area contributed by atoms with Gasteiger partial charge in [0.2, 0.25) is 5.91 Å². The van der Waals surface area contributed by atoms with E-state index in [0.29, 0.717) is 12.8 Å². The molecule has 0 bridgehead atoms. The summed E-state index contributed by atoms with van der Waals surface area (Å²) in [5.41, 5.74) is 0. The molecule has 12 atom stereocenters. The summed E-state index contributed by atoms with van der Waals surface area (Å²) in [6, 6.07) is -0.828. The number of allylic oxidation sites excluding steroid dienone is 4. The highest BCUT2D eigenvalue weighted by Crippen LogP contribution is 2.30. The van der Waals surface area contributed by atoms with E-state index in [9.17, 15) is 45.6 Å². The van der Waals surface area contributed by atoms with Crippen LogP contribution in [-0.2, 0) is 23.7 Å². The Morgan fingerprint density at radius 1 is 0.529 bits per heavy atom. The van der Waals surface area contributed by atoms with Crippen molar-refractivity contribution in [1.29, 1.82) is 0 Å². The Morgan fingerprint density at radius 3 is 1.47 bits per heavy atom. The maximum Gasteiger partial charge on any atom is 0.220 e. The molecule has 0 aromatic heterocycles. The Kier molecular flexibility index (Phi) is 37.7. The van der Waals surface area contributed by atoms with Gasteiger partial charge in [0.25, 0.3) is 0 Å². The third kappa shape index (κ3) is 27.3. The van der Waals surface area contributed by atoms with Gasteiger partial charge >= 0.3 is 0 Å². The summed E-state index contributed by atoms with van der Waals surface area (Å²) in [6.45, 7) is 2.84. The Hall–Kier alpha value is -1.53. The third-order valence-corrected chi connectivity index (χ3v) is 13.7. The Morgan fingerprint density at radius 2 is 0.971 bits per heavy atom. The van der Waals surface area contributed by atoms with Crippen LogP contribution in [-0.4, -0.2) is 140 Å². The number of carbonyl (C=O) groups excluding carboxylic acids is 1. The second-order valence-corrected chi connectivity index (χ2v) is 19.7. The zero-order chi connectivity index (χ0) is 49.6. The van der Waals surface area contributed by atoms with Gasteiger partial charge in [-0.15, -0.1) is 0 Å². The average Bonchev–Trinajstić information content (AvgIpc) is 3.34. The fraction of sp³-hybridized carbons (Fsp3) is 0.907. The molecule has 2 fully saturated rings. The highest BCUT2D eigenvalue weighted by Gasteiger charge is 2.51. The number of rotatable bonds is 43. The van der Waals surface area contributed by atoms with Gasteiger partial charge in [0.1, 0.15) is 48.8 Å². The SMILES string of the molecule is CCCCCCC/C=C\C/C=C\CCCCCCCCCCCC(=O)NC(COC1OC(CO)C(OC2OC(CO)C(O)C(O)C2O)C(O)C1O)C(O)CCCCCCCCCCCCCCC. The number of ether oxygens (including phenoxy) is 4. The van der Waals surface area contributed by atoms with Gasteiger partial charge in [0.15, 0.2) is 12.6 Å². The van der Waals surface area contributed by atoms with Gasteiger partial charge in [-0.1, -0.05) is 192 Å². The maximum absolute atomic E-state index is 13.2. The van der Waals surface area contributed by atoms with E-state index < -0.39 is 86.8 Å². The lowest BCUT2D eigenvalue weighted by atomic mass is 9.97. The lowest BCUT2D eigenvalue weighted by molar-refractivity contribution is -0.359. The highest BCUT2D eigenvalue weighted by atomic mass is 16.7. The van der Waals surface area contributed by atoms with Crippen molar-refractivity contribution >= 4 is 5.91 Å². The number of unbranched alkanes of at least 4 members (excludes halogenated alkanes) is 26. The van der Waals surface area contributed by atoms with Crippen molar-refractivity contribution in [3.05, 3.63) is 24.3 Å². The van der Waals surface area contributed by atoms with E-state index in [1.54, 1.807) is 0 Å². The predicted octanol–water partition coefficient (Wildman–Crippen LogP) is 8.11. The van der Waals surface area contributed by atoms with E-state index in [1.165, 1.54) is 128 Å². The number of hydrogen-bond acceptors (Lipinski definition) is 13. The zero-order valence-electron chi connectivity index (χ0n) is 42.6. The molecule has 400 valence electrons. The van der Waals surface area contributed by atoms with E-state index in [-0.39, 0.29) is 12.5 Å². The minimum Gasteiger partial charge on any atom is -0.394 e. The molecule has 0 aromatic carbocycles. The van der Waals surface area contributed by atoms with Crippen molar-refractivity contribution in [2.75, 3.05) is 19.8 Å². The molecular formula is C54H101NO13. The summed E-state index contributed by atoms with van der Waals surface area (Å²) in [6.07, 6.45) is 28.9. The molecule has 12 unspecified atom stereocenters. The van der Waals surface area contributed by atoms with Crippen molar-refractivity contribution in [2.45, 2.75) is 293 Å². The van der Waals surface area contributed by atoms with E-state index in [2.05, 4.69) is 43.5 Å². The first-order chi connectivity index (χ1) is 33.1. The van der Waals surface area contributed by atoms with Gasteiger partial charge < -0.3 is 65.1 Å².